The molecule has 21 heavy (non-hydrogen) atoms. The Hall–Kier alpha value is -1.28. The van der Waals surface area contributed by atoms with Gasteiger partial charge in [-0.2, -0.15) is 5.10 Å². The zero-order valence-electron chi connectivity index (χ0n) is 12.3. The Morgan fingerprint density at radius 1 is 1.24 bits per heavy atom. The number of nitrogen functional groups attached to an aromatic ring is 1. The van der Waals surface area contributed by atoms with Crippen LogP contribution < -0.4 is 10.6 Å². The lowest BCUT2D eigenvalue weighted by molar-refractivity contribution is 0.122. The average molecular weight is 314 g/mol. The summed E-state index contributed by atoms with van der Waals surface area (Å²) in [6, 6.07) is 0.222. The summed E-state index contributed by atoms with van der Waals surface area (Å²) in [4.78, 5) is 2.14. The fourth-order valence-corrected chi connectivity index (χ4v) is 4.16. The second kappa shape index (κ2) is 5.49. The van der Waals surface area contributed by atoms with Crippen LogP contribution in [0.15, 0.2) is 4.90 Å². The molecule has 2 aliphatic rings. The molecule has 0 unspecified atom stereocenters. The zero-order valence-corrected chi connectivity index (χ0v) is 13.1. The first-order valence-corrected chi connectivity index (χ1v) is 9.28. The third kappa shape index (κ3) is 2.74. The van der Waals surface area contributed by atoms with Gasteiger partial charge in [0.15, 0.2) is 20.6 Å². The molecule has 2 N–H and O–H groups in total. The average Bonchev–Trinajstić information content (AvgIpc) is 3.06. The van der Waals surface area contributed by atoms with Crippen molar-refractivity contribution in [1.29, 1.82) is 0 Å². The molecule has 0 amide bonds. The van der Waals surface area contributed by atoms with Gasteiger partial charge >= 0.3 is 0 Å². The number of rotatable bonds is 3. The van der Waals surface area contributed by atoms with Gasteiger partial charge in [-0.25, -0.2) is 13.1 Å². The van der Waals surface area contributed by atoms with E-state index >= 15 is 0 Å². The molecule has 1 saturated heterocycles. The van der Waals surface area contributed by atoms with Crippen LogP contribution in [0.25, 0.3) is 0 Å². The lowest BCUT2D eigenvalue weighted by Crippen LogP contribution is -2.37. The minimum atomic E-state index is -3.41. The van der Waals surface area contributed by atoms with E-state index in [4.69, 9.17) is 10.5 Å². The molecule has 0 atom stereocenters. The van der Waals surface area contributed by atoms with Crippen LogP contribution in [0.5, 0.6) is 0 Å². The Bertz CT molecular complexity index is 614. The van der Waals surface area contributed by atoms with Crippen LogP contribution in [-0.4, -0.2) is 50.8 Å². The Balaban J connectivity index is 2.06. The molecule has 1 aliphatic heterocycles. The van der Waals surface area contributed by atoms with Crippen molar-refractivity contribution in [3.05, 3.63) is 0 Å². The molecule has 7 nitrogen and oxygen atoms in total. The first-order valence-electron chi connectivity index (χ1n) is 7.39. The van der Waals surface area contributed by atoms with Gasteiger partial charge in [0.05, 0.1) is 19.3 Å². The minimum Gasteiger partial charge on any atom is -0.383 e. The molecule has 8 heteroatoms. The summed E-state index contributed by atoms with van der Waals surface area (Å²) in [7, 11) is -3.41. The number of sulfone groups is 1. The van der Waals surface area contributed by atoms with Gasteiger partial charge in [-0.15, -0.1) is 0 Å². The fourth-order valence-electron chi connectivity index (χ4n) is 3.18. The monoisotopic (exact) mass is 314 g/mol. The predicted molar refractivity (Wildman–Crippen MR) is 80.3 cm³/mol. The molecule has 1 aromatic rings. The van der Waals surface area contributed by atoms with E-state index in [-0.39, 0.29) is 16.8 Å². The van der Waals surface area contributed by atoms with Crippen LogP contribution in [0, 0.1) is 0 Å². The van der Waals surface area contributed by atoms with Gasteiger partial charge in [-0.1, -0.05) is 12.8 Å². The first-order chi connectivity index (χ1) is 9.98. The van der Waals surface area contributed by atoms with Crippen molar-refractivity contribution in [3.63, 3.8) is 0 Å². The highest BCUT2D eigenvalue weighted by Gasteiger charge is 2.31. The van der Waals surface area contributed by atoms with E-state index in [9.17, 15) is 8.42 Å². The summed E-state index contributed by atoms with van der Waals surface area (Å²) in [5.74, 6) is 0.774. The lowest BCUT2D eigenvalue weighted by atomic mass is 10.2. The summed E-state index contributed by atoms with van der Waals surface area (Å²) in [6.07, 6.45) is 5.51. The highest BCUT2D eigenvalue weighted by atomic mass is 32.2. The van der Waals surface area contributed by atoms with Gasteiger partial charge in [0, 0.05) is 19.3 Å². The molecule has 0 radical (unpaired) electrons. The Morgan fingerprint density at radius 3 is 2.43 bits per heavy atom. The van der Waals surface area contributed by atoms with E-state index in [2.05, 4.69) is 5.10 Å². The number of nitrogens with zero attached hydrogens (tertiary/aromatic N) is 3. The van der Waals surface area contributed by atoms with Crippen molar-refractivity contribution in [3.8, 4) is 0 Å². The van der Waals surface area contributed by atoms with Crippen molar-refractivity contribution in [1.82, 2.24) is 9.78 Å². The van der Waals surface area contributed by atoms with Gasteiger partial charge in [-0.3, -0.25) is 0 Å². The van der Waals surface area contributed by atoms with E-state index in [0.717, 1.165) is 25.7 Å². The second-order valence-corrected chi connectivity index (χ2v) is 7.74. The van der Waals surface area contributed by atoms with Crippen molar-refractivity contribution < 1.29 is 13.2 Å². The molecular formula is C13H22N4O3S. The van der Waals surface area contributed by atoms with Crippen molar-refractivity contribution in [2.45, 2.75) is 36.6 Å². The van der Waals surface area contributed by atoms with E-state index in [1.165, 1.54) is 6.26 Å². The number of ether oxygens (including phenoxy) is 1. The zero-order chi connectivity index (χ0) is 15.0. The number of hydrogen-bond donors (Lipinski definition) is 1. The standard InChI is InChI=1S/C13H22N4O3S/c1-21(18,19)11-12(14)17(10-4-2-3-5-10)15-13(11)16-6-8-20-9-7-16/h10H,2-9,14H2,1H3. The maximum absolute atomic E-state index is 12.2. The van der Waals surface area contributed by atoms with Crippen LogP contribution in [-0.2, 0) is 14.6 Å². The Labute approximate surface area is 125 Å². The molecule has 1 aromatic heterocycles. The topological polar surface area (TPSA) is 90.5 Å². The summed E-state index contributed by atoms with van der Waals surface area (Å²) in [6.45, 7) is 2.45. The summed E-state index contributed by atoms with van der Waals surface area (Å²) in [5, 5.41) is 4.56. The van der Waals surface area contributed by atoms with E-state index in [1.807, 2.05) is 4.90 Å². The third-order valence-electron chi connectivity index (χ3n) is 4.24. The molecule has 1 aliphatic carbocycles. The van der Waals surface area contributed by atoms with Gasteiger partial charge < -0.3 is 15.4 Å². The normalized spacial score (nSPS) is 21.1. The Morgan fingerprint density at radius 2 is 1.86 bits per heavy atom. The van der Waals surface area contributed by atoms with Gasteiger partial charge in [0.1, 0.15) is 5.82 Å². The lowest BCUT2D eigenvalue weighted by Gasteiger charge is -2.27. The smallest absolute Gasteiger partial charge is 0.182 e. The molecule has 0 bridgehead atoms. The molecular weight excluding hydrogens is 292 g/mol. The largest absolute Gasteiger partial charge is 0.383 e. The predicted octanol–water partition coefficient (Wildman–Crippen LogP) is 0.820. The maximum atomic E-state index is 12.2. The molecule has 3 rings (SSSR count). The number of hydrogen-bond acceptors (Lipinski definition) is 6. The highest BCUT2D eigenvalue weighted by molar-refractivity contribution is 7.91. The van der Waals surface area contributed by atoms with Gasteiger partial charge in [0.25, 0.3) is 0 Å². The van der Waals surface area contributed by atoms with E-state index < -0.39 is 9.84 Å². The fraction of sp³-hybridized carbons (Fsp3) is 0.769. The van der Waals surface area contributed by atoms with E-state index in [1.54, 1.807) is 4.68 Å². The van der Waals surface area contributed by atoms with Crippen LogP contribution >= 0.6 is 0 Å². The van der Waals surface area contributed by atoms with E-state index in [0.29, 0.717) is 32.1 Å². The Kier molecular flexibility index (Phi) is 3.83. The second-order valence-electron chi connectivity index (χ2n) is 5.79. The van der Waals surface area contributed by atoms with Crippen LogP contribution in [0.2, 0.25) is 0 Å². The van der Waals surface area contributed by atoms with Crippen molar-refractivity contribution in [2.24, 2.45) is 0 Å². The number of nitrogens with two attached hydrogens (primary N) is 1. The SMILES string of the molecule is CS(=O)(=O)c1c(N2CCOCC2)nn(C2CCCC2)c1N. The first kappa shape index (κ1) is 14.6. The number of anilines is 2. The van der Waals surface area contributed by atoms with Crippen LogP contribution in [0.1, 0.15) is 31.7 Å². The molecule has 118 valence electrons. The molecule has 2 heterocycles. The number of aromatic nitrogens is 2. The highest BCUT2D eigenvalue weighted by Crippen LogP contribution is 2.37. The summed E-state index contributed by atoms with van der Waals surface area (Å²) in [5.41, 5.74) is 6.14. The summed E-state index contributed by atoms with van der Waals surface area (Å²) < 4.78 is 31.4. The van der Waals surface area contributed by atoms with Crippen molar-refractivity contribution >= 4 is 21.5 Å². The van der Waals surface area contributed by atoms with Crippen molar-refractivity contribution in [2.75, 3.05) is 43.2 Å². The molecule has 0 spiro atoms. The summed E-state index contributed by atoms with van der Waals surface area (Å²) >= 11 is 0. The molecule has 0 aromatic carbocycles. The van der Waals surface area contributed by atoms with Crippen LogP contribution in [0.4, 0.5) is 11.6 Å². The quantitative estimate of drug-likeness (QED) is 0.888. The van der Waals surface area contributed by atoms with Crippen LogP contribution in [0.3, 0.4) is 0 Å². The minimum absolute atomic E-state index is 0.177. The maximum Gasteiger partial charge on any atom is 0.182 e. The molecule has 1 saturated carbocycles. The third-order valence-corrected chi connectivity index (χ3v) is 5.37. The van der Waals surface area contributed by atoms with Gasteiger partial charge in [-0.05, 0) is 12.8 Å². The molecule has 2 fully saturated rings. The number of morpholine rings is 1. The van der Waals surface area contributed by atoms with Gasteiger partial charge in [0.2, 0.25) is 0 Å².